The molecule has 1 saturated heterocycles. The standard InChI is InChI=1S/C23H26N6O3/c30-23(26-16-7-8-17-18(11-16)32-14-31-17)15-5-4-9-28(12-15)21-20-22(25-13-24-21)29-10-3-1-2-6-19(29)27-20/h7-8,11,13,15H,1-6,9-10,12,14H2,(H,26,30). The van der Waals surface area contributed by atoms with E-state index in [4.69, 9.17) is 14.5 Å². The van der Waals surface area contributed by atoms with Crippen LogP contribution in [-0.2, 0) is 17.8 Å². The molecule has 1 fully saturated rings. The van der Waals surface area contributed by atoms with E-state index in [9.17, 15) is 4.79 Å². The van der Waals surface area contributed by atoms with Gasteiger partial charge in [-0.3, -0.25) is 4.79 Å². The zero-order valence-corrected chi connectivity index (χ0v) is 17.9. The van der Waals surface area contributed by atoms with Gasteiger partial charge in [-0.15, -0.1) is 0 Å². The fourth-order valence-corrected chi connectivity index (χ4v) is 4.96. The molecular weight excluding hydrogens is 408 g/mol. The number of nitrogens with one attached hydrogen (secondary N) is 1. The molecule has 1 atom stereocenters. The maximum Gasteiger partial charge on any atom is 0.231 e. The molecule has 1 aromatic carbocycles. The lowest BCUT2D eigenvalue weighted by Crippen LogP contribution is -2.41. The molecule has 3 aromatic rings. The number of hydrogen-bond donors (Lipinski definition) is 1. The van der Waals surface area contributed by atoms with Gasteiger partial charge < -0.3 is 24.3 Å². The first-order valence-electron chi connectivity index (χ1n) is 11.4. The Balaban J connectivity index is 1.22. The molecule has 0 saturated carbocycles. The first-order valence-corrected chi connectivity index (χ1v) is 11.4. The number of nitrogens with zero attached hydrogens (tertiary/aromatic N) is 5. The van der Waals surface area contributed by atoms with Crippen molar-refractivity contribution in [3.8, 4) is 11.5 Å². The second-order valence-electron chi connectivity index (χ2n) is 8.70. The summed E-state index contributed by atoms with van der Waals surface area (Å²) in [5.41, 5.74) is 2.50. The summed E-state index contributed by atoms with van der Waals surface area (Å²) < 4.78 is 13.0. The average Bonchev–Trinajstić information content (AvgIpc) is 3.36. The summed E-state index contributed by atoms with van der Waals surface area (Å²) in [6, 6.07) is 5.48. The van der Waals surface area contributed by atoms with Gasteiger partial charge in [0.2, 0.25) is 12.7 Å². The number of carbonyl (C=O) groups excluding carboxylic acids is 1. The van der Waals surface area contributed by atoms with Crippen molar-refractivity contribution in [1.82, 2.24) is 19.5 Å². The quantitative estimate of drug-likeness (QED) is 0.677. The zero-order chi connectivity index (χ0) is 21.5. The van der Waals surface area contributed by atoms with Crippen molar-refractivity contribution in [2.45, 2.75) is 45.1 Å². The normalized spacial score (nSPS) is 20.1. The van der Waals surface area contributed by atoms with E-state index >= 15 is 0 Å². The Morgan fingerprint density at radius 3 is 2.97 bits per heavy atom. The fraction of sp³-hybridized carbons (Fsp3) is 0.478. The third kappa shape index (κ3) is 3.41. The molecule has 1 amide bonds. The highest BCUT2D eigenvalue weighted by Gasteiger charge is 2.29. The van der Waals surface area contributed by atoms with Crippen LogP contribution in [0.1, 0.15) is 37.9 Å². The van der Waals surface area contributed by atoms with E-state index in [1.165, 1.54) is 6.42 Å². The maximum atomic E-state index is 13.0. The van der Waals surface area contributed by atoms with Crippen LogP contribution >= 0.6 is 0 Å². The fourth-order valence-electron chi connectivity index (χ4n) is 4.96. The minimum Gasteiger partial charge on any atom is -0.454 e. The predicted molar refractivity (Wildman–Crippen MR) is 119 cm³/mol. The zero-order valence-electron chi connectivity index (χ0n) is 17.9. The number of ether oxygens (including phenoxy) is 2. The topological polar surface area (TPSA) is 94.4 Å². The van der Waals surface area contributed by atoms with Crippen LogP contribution < -0.4 is 19.7 Å². The molecule has 5 heterocycles. The first-order chi connectivity index (χ1) is 15.8. The Hall–Kier alpha value is -3.36. The highest BCUT2D eigenvalue weighted by atomic mass is 16.7. The van der Waals surface area contributed by atoms with Crippen molar-refractivity contribution in [3.05, 3.63) is 30.4 Å². The molecule has 2 aromatic heterocycles. The lowest BCUT2D eigenvalue weighted by atomic mass is 9.97. The molecule has 1 N–H and O–H groups in total. The van der Waals surface area contributed by atoms with E-state index in [-0.39, 0.29) is 18.6 Å². The van der Waals surface area contributed by atoms with Crippen LogP contribution in [0.2, 0.25) is 0 Å². The van der Waals surface area contributed by atoms with E-state index in [1.807, 2.05) is 18.2 Å². The van der Waals surface area contributed by atoms with Crippen molar-refractivity contribution >= 4 is 28.6 Å². The number of anilines is 2. The highest BCUT2D eigenvalue weighted by Crippen LogP contribution is 2.35. The molecule has 1 unspecified atom stereocenters. The van der Waals surface area contributed by atoms with Gasteiger partial charge in [-0.25, -0.2) is 15.0 Å². The summed E-state index contributed by atoms with van der Waals surface area (Å²) in [4.78, 5) is 29.3. The van der Waals surface area contributed by atoms with E-state index in [0.717, 1.165) is 73.7 Å². The van der Waals surface area contributed by atoms with Crippen LogP contribution in [0, 0.1) is 5.92 Å². The summed E-state index contributed by atoms with van der Waals surface area (Å²) in [5.74, 6) is 3.21. The maximum absolute atomic E-state index is 13.0. The summed E-state index contributed by atoms with van der Waals surface area (Å²) in [7, 11) is 0. The molecule has 32 heavy (non-hydrogen) atoms. The summed E-state index contributed by atoms with van der Waals surface area (Å²) in [5, 5.41) is 3.04. The molecule has 9 nitrogen and oxygen atoms in total. The highest BCUT2D eigenvalue weighted by molar-refractivity contribution is 5.93. The Kier molecular flexibility index (Phi) is 4.81. The molecular formula is C23H26N6O3. The Morgan fingerprint density at radius 1 is 1.06 bits per heavy atom. The lowest BCUT2D eigenvalue weighted by Gasteiger charge is -2.32. The van der Waals surface area contributed by atoms with Gasteiger partial charge >= 0.3 is 0 Å². The van der Waals surface area contributed by atoms with Gasteiger partial charge in [-0.2, -0.15) is 0 Å². The van der Waals surface area contributed by atoms with Crippen molar-refractivity contribution in [3.63, 3.8) is 0 Å². The number of aromatic nitrogens is 4. The number of hydrogen-bond acceptors (Lipinski definition) is 7. The average molecular weight is 435 g/mol. The smallest absolute Gasteiger partial charge is 0.231 e. The second-order valence-corrected chi connectivity index (χ2v) is 8.70. The minimum absolute atomic E-state index is 0.0134. The second kappa shape index (κ2) is 7.96. The van der Waals surface area contributed by atoms with Crippen molar-refractivity contribution in [2.75, 3.05) is 30.1 Å². The number of fused-ring (bicyclic) bond motifs is 4. The van der Waals surface area contributed by atoms with Crippen LogP contribution in [0.25, 0.3) is 11.2 Å². The summed E-state index contributed by atoms with van der Waals surface area (Å²) in [6.07, 6.45) is 7.94. The predicted octanol–water partition coefficient (Wildman–Crippen LogP) is 3.14. The molecule has 9 heteroatoms. The number of rotatable bonds is 3. The van der Waals surface area contributed by atoms with Gasteiger partial charge in [0.15, 0.2) is 28.5 Å². The lowest BCUT2D eigenvalue weighted by molar-refractivity contribution is -0.120. The van der Waals surface area contributed by atoms with E-state index in [2.05, 4.69) is 24.8 Å². The van der Waals surface area contributed by atoms with Crippen molar-refractivity contribution < 1.29 is 14.3 Å². The summed E-state index contributed by atoms with van der Waals surface area (Å²) in [6.45, 7) is 2.66. The van der Waals surface area contributed by atoms with Crippen LogP contribution in [0.5, 0.6) is 11.5 Å². The largest absolute Gasteiger partial charge is 0.454 e. The van der Waals surface area contributed by atoms with E-state index in [0.29, 0.717) is 18.0 Å². The molecule has 0 radical (unpaired) electrons. The molecule has 0 bridgehead atoms. The molecule has 166 valence electrons. The van der Waals surface area contributed by atoms with Gasteiger partial charge in [0, 0.05) is 37.8 Å². The van der Waals surface area contributed by atoms with Gasteiger partial charge in [0.1, 0.15) is 12.2 Å². The number of amides is 1. The number of imidazole rings is 1. The number of piperidine rings is 1. The van der Waals surface area contributed by atoms with Gasteiger partial charge in [0.05, 0.1) is 5.92 Å². The SMILES string of the molecule is O=C(Nc1ccc2c(c1)OCO2)C1CCCN(c2ncnc3c2nc2n3CCCCC2)C1. The Morgan fingerprint density at radius 2 is 2.00 bits per heavy atom. The van der Waals surface area contributed by atoms with Crippen LogP contribution in [0.4, 0.5) is 11.5 Å². The molecule has 3 aliphatic heterocycles. The number of benzene rings is 1. The van der Waals surface area contributed by atoms with Gasteiger partial charge in [-0.1, -0.05) is 6.42 Å². The van der Waals surface area contributed by atoms with Crippen LogP contribution in [0.3, 0.4) is 0 Å². The number of aryl methyl sites for hydroxylation is 2. The first kappa shape index (κ1) is 19.3. The monoisotopic (exact) mass is 434 g/mol. The molecule has 0 aliphatic carbocycles. The minimum atomic E-state index is -0.125. The van der Waals surface area contributed by atoms with Crippen LogP contribution in [-0.4, -0.2) is 45.3 Å². The van der Waals surface area contributed by atoms with E-state index < -0.39 is 0 Å². The molecule has 3 aliphatic rings. The van der Waals surface area contributed by atoms with E-state index in [1.54, 1.807) is 6.33 Å². The van der Waals surface area contributed by atoms with Gasteiger partial charge in [-0.05, 0) is 37.8 Å². The third-order valence-electron chi connectivity index (χ3n) is 6.61. The van der Waals surface area contributed by atoms with Gasteiger partial charge in [0.25, 0.3) is 0 Å². The summed E-state index contributed by atoms with van der Waals surface area (Å²) >= 11 is 0. The van der Waals surface area contributed by atoms with Crippen LogP contribution in [0.15, 0.2) is 24.5 Å². The molecule has 0 spiro atoms. The Bertz CT molecular complexity index is 1180. The van der Waals surface area contributed by atoms with Crippen molar-refractivity contribution in [1.29, 1.82) is 0 Å². The molecule has 6 rings (SSSR count). The third-order valence-corrected chi connectivity index (χ3v) is 6.61. The Labute approximate surface area is 185 Å². The number of carbonyl (C=O) groups is 1. The van der Waals surface area contributed by atoms with Crippen molar-refractivity contribution in [2.24, 2.45) is 5.92 Å².